The molecule has 0 bridgehead atoms. The number of hydrogen-bond donors (Lipinski definition) is 2. The van der Waals surface area contributed by atoms with Crippen LogP contribution in [-0.4, -0.2) is 48.6 Å². The molecule has 0 spiro atoms. The molecule has 7 heteroatoms. The first kappa shape index (κ1) is 23.6. The van der Waals surface area contributed by atoms with Gasteiger partial charge in [0.1, 0.15) is 0 Å². The van der Waals surface area contributed by atoms with Crippen LogP contribution in [0.2, 0.25) is 0 Å². The zero-order chi connectivity index (χ0) is 17.9. The van der Waals surface area contributed by atoms with Crippen molar-refractivity contribution in [2.24, 2.45) is 4.99 Å². The number of aromatic nitrogens is 1. The van der Waals surface area contributed by atoms with Gasteiger partial charge >= 0.3 is 0 Å². The van der Waals surface area contributed by atoms with Gasteiger partial charge in [-0.3, -0.25) is 0 Å². The van der Waals surface area contributed by atoms with Crippen molar-refractivity contribution >= 4 is 41.3 Å². The van der Waals surface area contributed by atoms with Crippen LogP contribution in [-0.2, 0) is 6.54 Å². The number of nitrogens with one attached hydrogen (secondary N) is 2. The summed E-state index contributed by atoms with van der Waals surface area (Å²) in [6, 6.07) is 0. The number of halogens is 1. The van der Waals surface area contributed by atoms with Gasteiger partial charge in [0.15, 0.2) is 5.96 Å². The maximum atomic E-state index is 4.68. The number of hydrogen-bond acceptors (Lipinski definition) is 4. The number of aliphatic imine (C=N–C) groups is 1. The van der Waals surface area contributed by atoms with Gasteiger partial charge in [0, 0.05) is 24.4 Å². The zero-order valence-corrected chi connectivity index (χ0v) is 19.7. The van der Waals surface area contributed by atoms with Crippen LogP contribution in [0.4, 0.5) is 0 Å². The second kappa shape index (κ2) is 13.7. The van der Waals surface area contributed by atoms with Crippen molar-refractivity contribution in [1.29, 1.82) is 0 Å². The van der Waals surface area contributed by atoms with E-state index in [2.05, 4.69) is 51.7 Å². The molecular weight excluding hydrogens is 457 g/mol. The highest BCUT2D eigenvalue weighted by molar-refractivity contribution is 14.0. The molecule has 0 saturated carbocycles. The topological polar surface area (TPSA) is 52.6 Å². The van der Waals surface area contributed by atoms with Gasteiger partial charge in [-0.2, -0.15) is 0 Å². The molecule has 1 aliphatic heterocycles. The minimum atomic E-state index is 0. The van der Waals surface area contributed by atoms with Gasteiger partial charge in [-0.05, 0) is 45.8 Å². The third-order valence-corrected chi connectivity index (χ3v) is 5.64. The monoisotopic (exact) mass is 493 g/mol. The lowest BCUT2D eigenvalue weighted by Gasteiger charge is -2.20. The smallest absolute Gasteiger partial charge is 0.191 e. The quantitative estimate of drug-likeness (QED) is 0.247. The van der Waals surface area contributed by atoms with E-state index in [0.29, 0.717) is 12.5 Å². The molecule has 0 aliphatic carbocycles. The van der Waals surface area contributed by atoms with Crippen molar-refractivity contribution < 1.29 is 0 Å². The van der Waals surface area contributed by atoms with E-state index in [4.69, 9.17) is 0 Å². The molecule has 1 fully saturated rings. The molecule has 2 N–H and O–H groups in total. The van der Waals surface area contributed by atoms with Crippen molar-refractivity contribution in [3.8, 4) is 0 Å². The van der Waals surface area contributed by atoms with E-state index in [-0.39, 0.29) is 24.0 Å². The summed E-state index contributed by atoms with van der Waals surface area (Å²) in [7, 11) is 0. The number of rotatable bonds is 8. The van der Waals surface area contributed by atoms with Crippen LogP contribution in [0.3, 0.4) is 0 Å². The Morgan fingerprint density at radius 1 is 1.23 bits per heavy atom. The molecule has 0 amide bonds. The molecule has 5 nitrogen and oxygen atoms in total. The van der Waals surface area contributed by atoms with Gasteiger partial charge in [0.05, 0.1) is 17.2 Å². The van der Waals surface area contributed by atoms with Crippen LogP contribution in [0.1, 0.15) is 69.5 Å². The Hall–Kier alpha value is -0.410. The summed E-state index contributed by atoms with van der Waals surface area (Å²) < 4.78 is 0. The maximum absolute atomic E-state index is 4.68. The number of likely N-dealkylation sites (tertiary alicyclic amines) is 1. The molecule has 0 radical (unpaired) electrons. The Labute approximate surface area is 180 Å². The molecule has 1 aliphatic rings. The summed E-state index contributed by atoms with van der Waals surface area (Å²) in [5.74, 6) is 1.39. The lowest BCUT2D eigenvalue weighted by molar-refractivity contribution is 0.282. The van der Waals surface area contributed by atoms with Gasteiger partial charge in [0.25, 0.3) is 0 Å². The number of nitrogens with zero attached hydrogens (tertiary/aromatic N) is 3. The lowest BCUT2D eigenvalue weighted by atomic mass is 10.2. The van der Waals surface area contributed by atoms with Crippen LogP contribution in [0.5, 0.6) is 0 Å². The SMILES string of the molecule is CCNC(=NCc1csc(C(C)C)n1)NCCCN1CCCCCC1.I. The van der Waals surface area contributed by atoms with Crippen molar-refractivity contribution in [1.82, 2.24) is 20.5 Å². The van der Waals surface area contributed by atoms with Gasteiger partial charge < -0.3 is 15.5 Å². The zero-order valence-electron chi connectivity index (χ0n) is 16.6. The summed E-state index contributed by atoms with van der Waals surface area (Å²) in [5.41, 5.74) is 1.07. The molecule has 1 aromatic heterocycles. The third kappa shape index (κ3) is 8.99. The molecule has 1 aromatic rings. The van der Waals surface area contributed by atoms with Crippen LogP contribution >= 0.6 is 35.3 Å². The molecule has 26 heavy (non-hydrogen) atoms. The van der Waals surface area contributed by atoms with Crippen LogP contribution in [0.25, 0.3) is 0 Å². The average molecular weight is 494 g/mol. The average Bonchev–Trinajstić information content (AvgIpc) is 2.93. The molecule has 0 atom stereocenters. The minimum Gasteiger partial charge on any atom is -0.357 e. The second-order valence-electron chi connectivity index (χ2n) is 7.06. The Morgan fingerprint density at radius 3 is 2.58 bits per heavy atom. The van der Waals surface area contributed by atoms with Crippen LogP contribution < -0.4 is 10.6 Å². The van der Waals surface area contributed by atoms with Gasteiger partial charge in [-0.1, -0.05) is 26.7 Å². The molecule has 150 valence electrons. The summed E-state index contributed by atoms with van der Waals surface area (Å²) in [5, 5.41) is 10.1. The molecular formula is C19H36IN5S. The normalized spacial score (nSPS) is 16.2. The van der Waals surface area contributed by atoms with Gasteiger partial charge in [-0.15, -0.1) is 35.3 Å². The molecule has 2 heterocycles. The summed E-state index contributed by atoms with van der Waals surface area (Å²) in [6.45, 7) is 12.7. The minimum absolute atomic E-state index is 0. The predicted octanol–water partition coefficient (Wildman–Crippen LogP) is 4.21. The molecule has 1 saturated heterocycles. The van der Waals surface area contributed by atoms with E-state index in [1.165, 1.54) is 56.7 Å². The van der Waals surface area contributed by atoms with E-state index in [9.17, 15) is 0 Å². The van der Waals surface area contributed by atoms with E-state index < -0.39 is 0 Å². The van der Waals surface area contributed by atoms with E-state index in [1.54, 1.807) is 11.3 Å². The van der Waals surface area contributed by atoms with Crippen molar-refractivity contribution in [2.75, 3.05) is 32.7 Å². The summed E-state index contributed by atoms with van der Waals surface area (Å²) >= 11 is 1.73. The lowest BCUT2D eigenvalue weighted by Crippen LogP contribution is -2.39. The number of guanidine groups is 1. The first-order valence-corrected chi connectivity index (χ1v) is 10.8. The third-order valence-electron chi connectivity index (χ3n) is 4.45. The van der Waals surface area contributed by atoms with E-state index >= 15 is 0 Å². The fourth-order valence-corrected chi connectivity index (χ4v) is 3.86. The van der Waals surface area contributed by atoms with Crippen LogP contribution in [0, 0.1) is 0 Å². The Kier molecular flexibility index (Phi) is 12.5. The van der Waals surface area contributed by atoms with Crippen molar-refractivity contribution in [2.45, 2.75) is 65.3 Å². The van der Waals surface area contributed by atoms with Crippen molar-refractivity contribution in [3.63, 3.8) is 0 Å². The summed E-state index contributed by atoms with van der Waals surface area (Å²) in [6.07, 6.45) is 6.70. The summed E-state index contributed by atoms with van der Waals surface area (Å²) in [4.78, 5) is 12.0. The predicted molar refractivity (Wildman–Crippen MR) is 124 cm³/mol. The Bertz CT molecular complexity index is 510. The standard InChI is InChI=1S/C19H35N5S.HI/c1-4-20-19(22-14-17-15-25-18(23-17)16(2)3)21-10-9-13-24-11-7-5-6-8-12-24;/h15-16H,4-14H2,1-3H3,(H2,20,21,22);1H. The fraction of sp³-hybridized carbons (Fsp3) is 0.789. The number of thiazole rings is 1. The second-order valence-corrected chi connectivity index (χ2v) is 7.95. The van der Waals surface area contributed by atoms with E-state index in [1.807, 2.05) is 0 Å². The highest BCUT2D eigenvalue weighted by atomic mass is 127. The fourth-order valence-electron chi connectivity index (χ4n) is 3.03. The Balaban J connectivity index is 0.00000338. The first-order chi connectivity index (χ1) is 12.2. The molecule has 0 aromatic carbocycles. The molecule has 0 unspecified atom stereocenters. The highest BCUT2D eigenvalue weighted by Gasteiger charge is 2.08. The van der Waals surface area contributed by atoms with Crippen LogP contribution in [0.15, 0.2) is 10.4 Å². The van der Waals surface area contributed by atoms with E-state index in [0.717, 1.165) is 24.7 Å². The van der Waals surface area contributed by atoms with Crippen molar-refractivity contribution in [3.05, 3.63) is 16.1 Å². The largest absolute Gasteiger partial charge is 0.357 e. The highest BCUT2D eigenvalue weighted by Crippen LogP contribution is 2.19. The molecule has 2 rings (SSSR count). The van der Waals surface area contributed by atoms with Gasteiger partial charge in [0.2, 0.25) is 0 Å². The maximum Gasteiger partial charge on any atom is 0.191 e. The first-order valence-electron chi connectivity index (χ1n) is 9.88. The Morgan fingerprint density at radius 2 is 1.96 bits per heavy atom. The van der Waals surface area contributed by atoms with Gasteiger partial charge in [-0.25, -0.2) is 9.98 Å².